The summed E-state index contributed by atoms with van der Waals surface area (Å²) in [6.45, 7) is 5.36. The summed E-state index contributed by atoms with van der Waals surface area (Å²) in [6, 6.07) is 3.60. The molecule has 18 heavy (non-hydrogen) atoms. The maximum atomic E-state index is 11.7. The van der Waals surface area contributed by atoms with Crippen LogP contribution in [-0.4, -0.2) is 16.1 Å². The molecule has 0 aliphatic heterocycles. The van der Waals surface area contributed by atoms with Gasteiger partial charge in [-0.2, -0.15) is 10.4 Å². The summed E-state index contributed by atoms with van der Waals surface area (Å²) < 4.78 is 0.666. The lowest BCUT2D eigenvalue weighted by atomic mass is 10.2. The van der Waals surface area contributed by atoms with Gasteiger partial charge >= 0.3 is 0 Å². The third-order valence-electron chi connectivity index (χ3n) is 1.98. The van der Waals surface area contributed by atoms with Crippen LogP contribution < -0.4 is 5.32 Å². The molecule has 2 N–H and O–H groups in total. The predicted octanol–water partition coefficient (Wildman–Crippen LogP) is 2.69. The molecule has 0 aliphatic carbocycles. The van der Waals surface area contributed by atoms with E-state index in [0.29, 0.717) is 16.0 Å². The highest BCUT2D eigenvalue weighted by Gasteiger charge is 2.06. The number of amides is 1. The van der Waals surface area contributed by atoms with Crippen LogP contribution in [0.5, 0.6) is 0 Å². The number of aromatic amines is 1. The van der Waals surface area contributed by atoms with Gasteiger partial charge in [-0.3, -0.25) is 9.89 Å². The molecule has 6 heteroatoms. The van der Waals surface area contributed by atoms with Gasteiger partial charge < -0.3 is 5.32 Å². The van der Waals surface area contributed by atoms with E-state index in [1.54, 1.807) is 19.1 Å². The largest absolute Gasteiger partial charge is 0.305 e. The maximum Gasteiger partial charge on any atom is 0.256 e. The number of aromatic nitrogens is 2. The Hall–Kier alpha value is -2.13. The molecular formula is C12H11BrN4O. The molecule has 1 amide bonds. The van der Waals surface area contributed by atoms with Gasteiger partial charge in [0.05, 0.1) is 6.07 Å². The van der Waals surface area contributed by atoms with Gasteiger partial charge in [-0.25, -0.2) is 0 Å². The summed E-state index contributed by atoms with van der Waals surface area (Å²) in [4.78, 5) is 11.7. The first-order valence-corrected chi connectivity index (χ1v) is 5.81. The van der Waals surface area contributed by atoms with Crippen molar-refractivity contribution in [1.82, 2.24) is 10.2 Å². The summed E-state index contributed by atoms with van der Waals surface area (Å²) in [5, 5.41) is 17.7. The van der Waals surface area contributed by atoms with Gasteiger partial charge in [-0.15, -0.1) is 0 Å². The highest BCUT2D eigenvalue weighted by atomic mass is 79.9. The lowest BCUT2D eigenvalue weighted by Crippen LogP contribution is -2.12. The number of nitrogens with zero attached hydrogens (tertiary/aromatic N) is 2. The van der Waals surface area contributed by atoms with E-state index in [1.807, 2.05) is 6.07 Å². The van der Waals surface area contributed by atoms with Gasteiger partial charge in [-0.05, 0) is 35.0 Å². The molecule has 0 radical (unpaired) electrons. The van der Waals surface area contributed by atoms with E-state index in [1.165, 1.54) is 12.2 Å². The SMILES string of the molecule is C=C(/C=C\C(C#N)=C/C)C(=O)Nc1cc(Br)[nH]n1. The topological polar surface area (TPSA) is 81.6 Å². The third-order valence-corrected chi connectivity index (χ3v) is 2.39. The standard InChI is InChI=1S/C12H11BrN4O/c1-3-9(7-14)5-4-8(2)12(18)15-11-6-10(13)16-17-11/h3-6H,2H2,1H3,(H2,15,16,17,18)/b5-4-,9-3+. The highest BCUT2D eigenvalue weighted by molar-refractivity contribution is 9.10. The fourth-order valence-electron chi connectivity index (χ4n) is 1.02. The molecular weight excluding hydrogens is 296 g/mol. The zero-order valence-corrected chi connectivity index (χ0v) is 11.3. The van der Waals surface area contributed by atoms with Crippen LogP contribution in [0.4, 0.5) is 5.82 Å². The van der Waals surface area contributed by atoms with Gasteiger partial charge in [0, 0.05) is 17.2 Å². The number of rotatable bonds is 4. The van der Waals surface area contributed by atoms with Crippen molar-refractivity contribution in [3.8, 4) is 6.07 Å². The molecule has 0 aromatic carbocycles. The maximum absolute atomic E-state index is 11.7. The second kappa shape index (κ2) is 6.57. The van der Waals surface area contributed by atoms with Crippen molar-refractivity contribution < 1.29 is 4.79 Å². The third kappa shape index (κ3) is 4.03. The van der Waals surface area contributed by atoms with E-state index in [9.17, 15) is 4.79 Å². The molecule has 1 rings (SSSR count). The molecule has 0 bridgehead atoms. The molecule has 0 aliphatic rings. The number of allylic oxidation sites excluding steroid dienone is 3. The van der Waals surface area contributed by atoms with Crippen molar-refractivity contribution in [2.24, 2.45) is 0 Å². The number of carbonyl (C=O) groups excluding carboxylic acids is 1. The zero-order chi connectivity index (χ0) is 13.5. The highest BCUT2D eigenvalue weighted by Crippen LogP contribution is 2.11. The van der Waals surface area contributed by atoms with Gasteiger partial charge in [0.25, 0.3) is 5.91 Å². The summed E-state index contributed by atoms with van der Waals surface area (Å²) in [5.74, 6) is 0.0200. The Balaban J connectivity index is 2.63. The Morgan fingerprint density at radius 2 is 2.39 bits per heavy atom. The quantitative estimate of drug-likeness (QED) is 0.510. The van der Waals surface area contributed by atoms with Crippen LogP contribution >= 0.6 is 15.9 Å². The van der Waals surface area contributed by atoms with E-state index >= 15 is 0 Å². The molecule has 0 unspecified atom stereocenters. The molecule has 1 aromatic rings. The van der Waals surface area contributed by atoms with Crippen LogP contribution in [0.2, 0.25) is 0 Å². The lowest BCUT2D eigenvalue weighted by molar-refractivity contribution is -0.112. The first-order valence-electron chi connectivity index (χ1n) is 5.02. The monoisotopic (exact) mass is 306 g/mol. The molecule has 0 saturated heterocycles. The van der Waals surface area contributed by atoms with Crippen LogP contribution in [-0.2, 0) is 4.79 Å². The van der Waals surface area contributed by atoms with Gasteiger partial charge in [-0.1, -0.05) is 12.7 Å². The van der Waals surface area contributed by atoms with Gasteiger partial charge in [0.1, 0.15) is 4.60 Å². The lowest BCUT2D eigenvalue weighted by Gasteiger charge is -2.00. The minimum Gasteiger partial charge on any atom is -0.305 e. The normalized spacial score (nSPS) is 11.3. The number of carbonyl (C=O) groups is 1. The van der Waals surface area contributed by atoms with Crippen LogP contribution in [0.15, 0.2) is 46.6 Å². The zero-order valence-electron chi connectivity index (χ0n) is 9.70. The van der Waals surface area contributed by atoms with Crippen molar-refractivity contribution in [1.29, 1.82) is 5.26 Å². The molecule has 1 aromatic heterocycles. The molecule has 5 nitrogen and oxygen atoms in total. The fraction of sp³-hybridized carbons (Fsp3) is 0.0833. The Morgan fingerprint density at radius 1 is 1.67 bits per heavy atom. The Morgan fingerprint density at radius 3 is 2.89 bits per heavy atom. The number of halogens is 1. The summed E-state index contributed by atoms with van der Waals surface area (Å²) in [7, 11) is 0. The van der Waals surface area contributed by atoms with Crippen molar-refractivity contribution in [3.05, 3.63) is 46.6 Å². The Kier molecular flexibility index (Phi) is 5.08. The van der Waals surface area contributed by atoms with Gasteiger partial charge in [0.15, 0.2) is 5.82 Å². The Bertz CT molecular complexity index is 563. The summed E-state index contributed by atoms with van der Waals surface area (Å²) in [5.41, 5.74) is 0.704. The van der Waals surface area contributed by atoms with Crippen molar-refractivity contribution in [2.75, 3.05) is 5.32 Å². The van der Waals surface area contributed by atoms with Crippen molar-refractivity contribution >= 4 is 27.7 Å². The molecule has 0 fully saturated rings. The van der Waals surface area contributed by atoms with Crippen LogP contribution in [0.25, 0.3) is 0 Å². The van der Waals surface area contributed by atoms with Crippen LogP contribution in [0.1, 0.15) is 6.92 Å². The molecule has 1 heterocycles. The molecule has 0 atom stereocenters. The second-order valence-electron chi connectivity index (χ2n) is 3.27. The number of nitrogens with one attached hydrogen (secondary N) is 2. The molecule has 92 valence electrons. The predicted molar refractivity (Wildman–Crippen MR) is 72.6 cm³/mol. The molecule has 0 spiro atoms. The van der Waals surface area contributed by atoms with Gasteiger partial charge in [0.2, 0.25) is 0 Å². The minimum atomic E-state index is -0.376. The summed E-state index contributed by atoms with van der Waals surface area (Å²) >= 11 is 3.18. The van der Waals surface area contributed by atoms with Crippen LogP contribution in [0.3, 0.4) is 0 Å². The van der Waals surface area contributed by atoms with E-state index in [0.717, 1.165) is 0 Å². The van der Waals surface area contributed by atoms with E-state index < -0.39 is 0 Å². The van der Waals surface area contributed by atoms with E-state index in [4.69, 9.17) is 5.26 Å². The summed E-state index contributed by atoms with van der Waals surface area (Å²) in [6.07, 6.45) is 4.66. The van der Waals surface area contributed by atoms with E-state index in [2.05, 4.69) is 38.0 Å². The molecule has 0 saturated carbocycles. The number of anilines is 1. The van der Waals surface area contributed by atoms with Crippen LogP contribution in [0, 0.1) is 11.3 Å². The minimum absolute atomic E-state index is 0.240. The number of hydrogen-bond acceptors (Lipinski definition) is 3. The number of H-pyrrole nitrogens is 1. The number of nitriles is 1. The Labute approximate surface area is 113 Å². The van der Waals surface area contributed by atoms with Crippen molar-refractivity contribution in [3.63, 3.8) is 0 Å². The van der Waals surface area contributed by atoms with E-state index in [-0.39, 0.29) is 11.5 Å². The smallest absolute Gasteiger partial charge is 0.256 e. The second-order valence-corrected chi connectivity index (χ2v) is 4.12. The van der Waals surface area contributed by atoms with Crippen molar-refractivity contribution in [2.45, 2.75) is 6.92 Å². The fourth-order valence-corrected chi connectivity index (χ4v) is 1.33. The average Bonchev–Trinajstić information content (AvgIpc) is 2.75. The first kappa shape index (κ1) is 13.9. The average molecular weight is 307 g/mol. The first-order chi connectivity index (χ1) is 8.56. The number of hydrogen-bond donors (Lipinski definition) is 2.